The molecule has 12 heteroatoms. The molecule has 1 amide bonds. The van der Waals surface area contributed by atoms with Crippen molar-refractivity contribution >= 4 is 36.3 Å². The summed E-state index contributed by atoms with van der Waals surface area (Å²) in [6.45, 7) is 1.04. The standard InChI is InChI=1S/C23H28AsF4N3O3S/c1-24(2)11-12-29-17-7-8-18(20(25)15-17)22(32)31-13-9-16(10-14-31)30-35(33,34)21-6-4-3-5-19(21)23(26,27)28/h3-8,15-16,29-30H,9-14H2,1-2H3. The molecule has 0 unspecified atom stereocenters. The summed E-state index contributed by atoms with van der Waals surface area (Å²) in [5.74, 6) is -1.15. The minimum absolute atomic E-state index is 0.0765. The summed E-state index contributed by atoms with van der Waals surface area (Å²) in [6.07, 6.45) is -4.42. The number of halogens is 4. The molecule has 192 valence electrons. The first-order valence-corrected chi connectivity index (χ1v) is 17.6. The fourth-order valence-corrected chi connectivity index (χ4v) is 6.52. The fourth-order valence-electron chi connectivity index (χ4n) is 3.81. The number of rotatable bonds is 8. The molecule has 1 saturated heterocycles. The number of alkyl halides is 3. The second kappa shape index (κ2) is 11.3. The third kappa shape index (κ3) is 7.21. The van der Waals surface area contributed by atoms with E-state index in [4.69, 9.17) is 0 Å². The molecule has 0 bridgehead atoms. The van der Waals surface area contributed by atoms with Crippen molar-refractivity contribution in [2.75, 3.05) is 25.0 Å². The number of hydrogen-bond acceptors (Lipinski definition) is 4. The van der Waals surface area contributed by atoms with Crippen LogP contribution in [-0.4, -0.2) is 59.6 Å². The quantitative estimate of drug-likeness (QED) is 0.356. The van der Waals surface area contributed by atoms with Gasteiger partial charge in [0, 0.05) is 0 Å². The molecular formula is C23H28AsF4N3O3S. The maximum absolute atomic E-state index is 14.6. The topological polar surface area (TPSA) is 78.5 Å². The Labute approximate surface area is 207 Å². The van der Waals surface area contributed by atoms with Crippen molar-refractivity contribution in [3.63, 3.8) is 0 Å². The van der Waals surface area contributed by atoms with Gasteiger partial charge >= 0.3 is 137 Å². The maximum atomic E-state index is 14.6. The first-order valence-electron chi connectivity index (χ1n) is 11.0. The molecule has 0 aromatic heterocycles. The van der Waals surface area contributed by atoms with Crippen molar-refractivity contribution in [3.05, 3.63) is 59.4 Å². The zero-order valence-electron chi connectivity index (χ0n) is 19.4. The third-order valence-corrected chi connectivity index (χ3v) is 9.60. The Hall–Kier alpha value is -2.10. The van der Waals surface area contributed by atoms with Crippen LogP contribution in [0.1, 0.15) is 28.8 Å². The summed E-state index contributed by atoms with van der Waals surface area (Å²) >= 11 is -0.788. The van der Waals surface area contributed by atoms with Gasteiger partial charge in [-0.2, -0.15) is 13.2 Å². The van der Waals surface area contributed by atoms with Crippen LogP contribution in [0.2, 0.25) is 16.6 Å². The van der Waals surface area contributed by atoms with Crippen molar-refractivity contribution in [2.45, 2.75) is 46.6 Å². The van der Waals surface area contributed by atoms with Crippen LogP contribution in [0.4, 0.5) is 23.2 Å². The van der Waals surface area contributed by atoms with Gasteiger partial charge < -0.3 is 0 Å². The van der Waals surface area contributed by atoms with Crippen LogP contribution in [0.3, 0.4) is 0 Å². The summed E-state index contributed by atoms with van der Waals surface area (Å²) in [5.41, 5.74) is 3.74. The molecule has 2 aromatic carbocycles. The van der Waals surface area contributed by atoms with Crippen molar-refractivity contribution in [1.82, 2.24) is 9.62 Å². The van der Waals surface area contributed by atoms with Crippen LogP contribution in [-0.2, 0) is 16.2 Å². The van der Waals surface area contributed by atoms with Gasteiger partial charge in [0.15, 0.2) is 0 Å². The van der Waals surface area contributed by atoms with E-state index in [1.54, 1.807) is 6.07 Å². The van der Waals surface area contributed by atoms with Crippen molar-refractivity contribution in [1.29, 1.82) is 0 Å². The van der Waals surface area contributed by atoms with Crippen LogP contribution in [0.25, 0.3) is 0 Å². The van der Waals surface area contributed by atoms with E-state index in [9.17, 15) is 30.8 Å². The predicted molar refractivity (Wildman–Crippen MR) is 128 cm³/mol. The average Bonchev–Trinajstić information content (AvgIpc) is 2.78. The van der Waals surface area contributed by atoms with E-state index in [0.29, 0.717) is 5.69 Å². The molecule has 1 heterocycles. The average molecular weight is 577 g/mol. The normalized spacial score (nSPS) is 15.5. The van der Waals surface area contributed by atoms with Crippen LogP contribution < -0.4 is 10.0 Å². The van der Waals surface area contributed by atoms with E-state index in [1.807, 2.05) is 0 Å². The van der Waals surface area contributed by atoms with E-state index in [-0.39, 0.29) is 31.5 Å². The Kier molecular flexibility index (Phi) is 8.88. The molecule has 2 aromatic rings. The van der Waals surface area contributed by atoms with E-state index in [2.05, 4.69) is 21.5 Å². The van der Waals surface area contributed by atoms with Gasteiger partial charge in [-0.25, -0.2) is 13.1 Å². The van der Waals surface area contributed by atoms with E-state index in [0.717, 1.165) is 30.0 Å². The number of benzene rings is 2. The van der Waals surface area contributed by atoms with Gasteiger partial charge in [-0.3, -0.25) is 0 Å². The number of hydrogen-bond donors (Lipinski definition) is 2. The molecule has 0 saturated carbocycles. The first kappa shape index (κ1) is 27.5. The van der Waals surface area contributed by atoms with Gasteiger partial charge in [-0.1, -0.05) is 12.1 Å². The zero-order valence-corrected chi connectivity index (χ0v) is 22.1. The Morgan fingerprint density at radius 2 is 1.77 bits per heavy atom. The van der Waals surface area contributed by atoms with Crippen molar-refractivity contribution in [2.24, 2.45) is 0 Å². The van der Waals surface area contributed by atoms with Crippen LogP contribution in [0.5, 0.6) is 0 Å². The molecule has 35 heavy (non-hydrogen) atoms. The van der Waals surface area contributed by atoms with Crippen LogP contribution in [0, 0.1) is 5.82 Å². The number of anilines is 1. The Morgan fingerprint density at radius 3 is 2.37 bits per heavy atom. The molecule has 0 spiro atoms. The molecular weight excluding hydrogens is 549 g/mol. The molecule has 0 radical (unpaired) electrons. The molecule has 0 atom stereocenters. The van der Waals surface area contributed by atoms with Gasteiger partial charge in [0.2, 0.25) is 10.0 Å². The Balaban J connectivity index is 1.61. The zero-order chi connectivity index (χ0) is 25.8. The molecule has 1 aliphatic heterocycles. The van der Waals surface area contributed by atoms with Crippen molar-refractivity contribution in [3.8, 4) is 0 Å². The molecule has 2 N–H and O–H groups in total. The summed E-state index contributed by atoms with van der Waals surface area (Å²) in [6, 6.07) is 7.70. The molecule has 6 nitrogen and oxygen atoms in total. The summed E-state index contributed by atoms with van der Waals surface area (Å²) < 4.78 is 81.9. The Bertz CT molecular complexity index is 1150. The summed E-state index contributed by atoms with van der Waals surface area (Å²) in [4.78, 5) is 13.4. The monoisotopic (exact) mass is 577 g/mol. The molecule has 0 aliphatic carbocycles. The number of amides is 1. The summed E-state index contributed by atoms with van der Waals surface area (Å²) in [5, 5.41) is 4.22. The van der Waals surface area contributed by atoms with Gasteiger partial charge in [0.25, 0.3) is 0 Å². The number of sulfonamides is 1. The number of piperidine rings is 1. The van der Waals surface area contributed by atoms with Gasteiger partial charge in [-0.15, -0.1) is 0 Å². The minimum atomic E-state index is -4.81. The van der Waals surface area contributed by atoms with E-state index >= 15 is 0 Å². The van der Waals surface area contributed by atoms with Gasteiger partial charge in [0.1, 0.15) is 0 Å². The second-order valence-electron chi connectivity index (χ2n) is 8.61. The van der Waals surface area contributed by atoms with Gasteiger partial charge in [0.05, 0.1) is 10.5 Å². The van der Waals surface area contributed by atoms with E-state index < -0.39 is 59.1 Å². The number of nitrogens with one attached hydrogen (secondary N) is 2. The number of nitrogens with zero attached hydrogens (tertiary/aromatic N) is 1. The molecule has 1 aliphatic rings. The van der Waals surface area contributed by atoms with E-state index in [1.165, 1.54) is 23.1 Å². The van der Waals surface area contributed by atoms with Crippen molar-refractivity contribution < 1.29 is 30.8 Å². The van der Waals surface area contributed by atoms with Crippen LogP contribution >= 0.6 is 0 Å². The van der Waals surface area contributed by atoms with Gasteiger partial charge in [-0.05, 0) is 12.1 Å². The Morgan fingerprint density at radius 1 is 1.11 bits per heavy atom. The number of carbonyl (C=O) groups excluding carboxylic acids is 1. The second-order valence-corrected chi connectivity index (χ2v) is 15.8. The SMILES string of the molecule is C[As](C)CCNc1ccc(C(=O)N2CCC(NS(=O)(=O)c3ccccc3C(F)(F)F)CC2)c(F)c1. The summed E-state index contributed by atoms with van der Waals surface area (Å²) in [7, 11) is -4.43. The third-order valence-electron chi connectivity index (χ3n) is 5.67. The fraction of sp³-hybridized carbons (Fsp3) is 0.435. The van der Waals surface area contributed by atoms with Crippen LogP contribution in [0.15, 0.2) is 47.4 Å². The first-order chi connectivity index (χ1) is 16.4. The molecule has 1 fully saturated rings. The predicted octanol–water partition coefficient (Wildman–Crippen LogP) is 4.59. The number of likely N-dealkylation sites (tertiary alicyclic amines) is 1. The molecule has 3 rings (SSSR count). The number of carbonyl (C=O) groups is 1.